The average molecular weight is 360 g/mol. The van der Waals surface area contributed by atoms with E-state index in [0.29, 0.717) is 12.5 Å². The molecule has 0 fully saturated rings. The number of aliphatic carboxylic acids is 1. The Bertz CT molecular complexity index is 661. The van der Waals surface area contributed by atoms with Crippen molar-refractivity contribution >= 4 is 27.6 Å². The van der Waals surface area contributed by atoms with Crippen molar-refractivity contribution in [2.24, 2.45) is 0 Å². The number of sulfonamides is 1. The molecule has 0 amide bonds. The maximum atomic E-state index is 12.9. The molecule has 2 N–H and O–H groups in total. The van der Waals surface area contributed by atoms with E-state index in [1.807, 2.05) is 0 Å². The van der Waals surface area contributed by atoms with Crippen molar-refractivity contribution in [2.75, 3.05) is 0 Å². The van der Waals surface area contributed by atoms with E-state index in [2.05, 4.69) is 0 Å². The summed E-state index contributed by atoms with van der Waals surface area (Å²) in [6.45, 7) is 1.61. The van der Waals surface area contributed by atoms with Gasteiger partial charge in [0.05, 0.1) is 10.6 Å². The lowest BCUT2D eigenvalue weighted by atomic mass is 10.2. The first-order chi connectivity index (χ1) is 10.0. The van der Waals surface area contributed by atoms with E-state index in [1.165, 1.54) is 0 Å². The van der Waals surface area contributed by atoms with Crippen LogP contribution in [0.5, 0.6) is 0 Å². The molecule has 124 valence electrons. The lowest BCUT2D eigenvalue weighted by molar-refractivity contribution is -0.140. The molecule has 0 heterocycles. The molecule has 5 nitrogen and oxygen atoms in total. The summed E-state index contributed by atoms with van der Waals surface area (Å²) in [5, 5.41) is 8.29. The van der Waals surface area contributed by atoms with Gasteiger partial charge in [0, 0.05) is 0 Å². The fourth-order valence-corrected chi connectivity index (χ4v) is 3.76. The van der Waals surface area contributed by atoms with E-state index in [9.17, 15) is 26.4 Å². The lowest BCUT2D eigenvalue weighted by Crippen LogP contribution is -2.41. The highest BCUT2D eigenvalue weighted by Crippen LogP contribution is 2.37. The largest absolute Gasteiger partial charge is 0.480 e. The summed E-state index contributed by atoms with van der Waals surface area (Å²) in [6.07, 6.45) is -4.69. The van der Waals surface area contributed by atoms with E-state index < -0.39 is 43.7 Å². The molecule has 10 heteroatoms. The van der Waals surface area contributed by atoms with Crippen LogP contribution in [-0.2, 0) is 21.0 Å². The van der Waals surface area contributed by atoms with Crippen molar-refractivity contribution in [1.29, 1.82) is 0 Å². The summed E-state index contributed by atoms with van der Waals surface area (Å²) in [5.41, 5.74) is -1.45. The van der Waals surface area contributed by atoms with Crippen molar-refractivity contribution in [3.05, 3.63) is 28.8 Å². The van der Waals surface area contributed by atoms with Gasteiger partial charge in [0.1, 0.15) is 10.9 Å². The Hall–Kier alpha value is -1.32. The number of carbonyl (C=O) groups is 1. The number of alkyl halides is 3. The SMILES string of the molecule is CCCC(NS(=O)(=O)c1c(Cl)cccc1C(F)(F)F)C(=O)O. The van der Waals surface area contributed by atoms with Crippen LogP contribution in [0.3, 0.4) is 0 Å². The summed E-state index contributed by atoms with van der Waals surface area (Å²) in [4.78, 5) is 9.81. The maximum Gasteiger partial charge on any atom is 0.417 e. The van der Waals surface area contributed by atoms with Crippen LogP contribution in [0.1, 0.15) is 25.3 Å². The highest BCUT2D eigenvalue weighted by atomic mass is 35.5. The van der Waals surface area contributed by atoms with Gasteiger partial charge in [-0.25, -0.2) is 8.42 Å². The van der Waals surface area contributed by atoms with Crippen molar-refractivity contribution in [3.63, 3.8) is 0 Å². The molecule has 0 aliphatic heterocycles. The van der Waals surface area contributed by atoms with Gasteiger partial charge in [0.15, 0.2) is 0 Å². The van der Waals surface area contributed by atoms with E-state index in [1.54, 1.807) is 11.6 Å². The van der Waals surface area contributed by atoms with Gasteiger partial charge >= 0.3 is 12.1 Å². The van der Waals surface area contributed by atoms with Crippen molar-refractivity contribution in [2.45, 2.75) is 36.9 Å². The van der Waals surface area contributed by atoms with Crippen LogP contribution in [0.15, 0.2) is 23.1 Å². The zero-order valence-electron chi connectivity index (χ0n) is 11.3. The van der Waals surface area contributed by atoms with Crippen LogP contribution in [0.4, 0.5) is 13.2 Å². The topological polar surface area (TPSA) is 83.5 Å². The molecule has 0 aliphatic rings. The second kappa shape index (κ2) is 6.84. The fraction of sp³-hybridized carbons (Fsp3) is 0.417. The third-order valence-electron chi connectivity index (χ3n) is 2.71. The van der Waals surface area contributed by atoms with E-state index >= 15 is 0 Å². The van der Waals surface area contributed by atoms with Gasteiger partial charge in [0.25, 0.3) is 0 Å². The molecule has 0 saturated heterocycles. The number of carboxylic acid groups (broad SMARTS) is 1. The standard InChI is InChI=1S/C12H13ClF3NO4S/c1-2-4-9(11(18)19)17-22(20,21)10-7(12(14,15)16)5-3-6-8(10)13/h3,5-6,9,17H,2,4H2,1H3,(H,18,19). The summed E-state index contributed by atoms with van der Waals surface area (Å²) >= 11 is 5.59. The van der Waals surface area contributed by atoms with Crippen LogP contribution in [0.25, 0.3) is 0 Å². The molecule has 1 atom stereocenters. The Morgan fingerprint density at radius 1 is 1.41 bits per heavy atom. The molecule has 0 aliphatic carbocycles. The lowest BCUT2D eigenvalue weighted by Gasteiger charge is -2.18. The molecule has 0 spiro atoms. The quantitative estimate of drug-likeness (QED) is 0.818. The molecule has 0 bridgehead atoms. The van der Waals surface area contributed by atoms with Crippen LogP contribution in [-0.4, -0.2) is 25.5 Å². The van der Waals surface area contributed by atoms with E-state index in [-0.39, 0.29) is 6.42 Å². The van der Waals surface area contributed by atoms with Crippen molar-refractivity contribution in [1.82, 2.24) is 4.72 Å². The minimum absolute atomic E-state index is 0.0691. The Labute approximate surface area is 130 Å². The molecule has 1 rings (SSSR count). The van der Waals surface area contributed by atoms with Gasteiger partial charge < -0.3 is 5.11 Å². The van der Waals surface area contributed by atoms with Gasteiger partial charge in [-0.15, -0.1) is 0 Å². The van der Waals surface area contributed by atoms with E-state index in [0.717, 1.165) is 12.1 Å². The molecule has 0 radical (unpaired) electrons. The Morgan fingerprint density at radius 3 is 2.45 bits per heavy atom. The molecule has 22 heavy (non-hydrogen) atoms. The highest BCUT2D eigenvalue weighted by molar-refractivity contribution is 7.89. The minimum atomic E-state index is -4.95. The predicted octanol–water partition coefficient (Wildman–Crippen LogP) is 2.89. The molecular formula is C12H13ClF3NO4S. The predicted molar refractivity (Wildman–Crippen MR) is 73.1 cm³/mol. The van der Waals surface area contributed by atoms with Gasteiger partial charge in [-0.05, 0) is 18.6 Å². The van der Waals surface area contributed by atoms with E-state index in [4.69, 9.17) is 16.7 Å². The highest BCUT2D eigenvalue weighted by Gasteiger charge is 2.39. The average Bonchev–Trinajstić information content (AvgIpc) is 2.36. The molecule has 1 aromatic rings. The molecule has 1 unspecified atom stereocenters. The first-order valence-corrected chi connectivity index (χ1v) is 7.97. The van der Waals surface area contributed by atoms with Gasteiger partial charge in [-0.3, -0.25) is 4.79 Å². The zero-order valence-corrected chi connectivity index (χ0v) is 12.9. The van der Waals surface area contributed by atoms with Gasteiger partial charge in [-0.1, -0.05) is 31.0 Å². The van der Waals surface area contributed by atoms with Crippen LogP contribution < -0.4 is 4.72 Å². The zero-order chi connectivity index (χ0) is 17.1. The molecule has 0 saturated carbocycles. The number of hydrogen-bond donors (Lipinski definition) is 2. The number of nitrogens with one attached hydrogen (secondary N) is 1. The number of rotatable bonds is 6. The third-order valence-corrected chi connectivity index (χ3v) is 4.71. The molecule has 0 aromatic heterocycles. The van der Waals surface area contributed by atoms with Crippen molar-refractivity contribution < 1.29 is 31.5 Å². The first-order valence-electron chi connectivity index (χ1n) is 6.11. The molecule has 1 aromatic carbocycles. The number of benzene rings is 1. The number of halogens is 4. The third kappa shape index (κ3) is 4.34. The molecular weight excluding hydrogens is 347 g/mol. The monoisotopic (exact) mass is 359 g/mol. The summed E-state index contributed by atoms with van der Waals surface area (Å²) in [5.74, 6) is -1.48. The van der Waals surface area contributed by atoms with Crippen LogP contribution >= 0.6 is 11.6 Å². The van der Waals surface area contributed by atoms with Gasteiger partial charge in [-0.2, -0.15) is 17.9 Å². The summed E-state index contributed by atoms with van der Waals surface area (Å²) < 4.78 is 64.9. The Balaban J connectivity index is 3.37. The number of hydrogen-bond acceptors (Lipinski definition) is 3. The Morgan fingerprint density at radius 2 is 2.00 bits per heavy atom. The van der Waals surface area contributed by atoms with Crippen LogP contribution in [0.2, 0.25) is 5.02 Å². The fourth-order valence-electron chi connectivity index (χ4n) is 1.77. The second-order valence-corrected chi connectivity index (χ2v) is 6.47. The van der Waals surface area contributed by atoms with Crippen LogP contribution in [0, 0.1) is 0 Å². The van der Waals surface area contributed by atoms with Crippen molar-refractivity contribution in [3.8, 4) is 0 Å². The first kappa shape index (κ1) is 18.7. The van der Waals surface area contributed by atoms with Gasteiger partial charge in [0.2, 0.25) is 10.0 Å². The summed E-state index contributed by atoms with van der Waals surface area (Å²) in [7, 11) is -4.75. The maximum absolute atomic E-state index is 12.9. The smallest absolute Gasteiger partial charge is 0.417 e. The summed E-state index contributed by atoms with van der Waals surface area (Å²) in [6, 6.07) is 0.981. The minimum Gasteiger partial charge on any atom is -0.480 e. The second-order valence-electron chi connectivity index (χ2n) is 4.42. The Kier molecular flexibility index (Phi) is 5.82. The normalized spacial score (nSPS) is 13.9. The number of carboxylic acids is 1.